The number of sulfone groups is 1. The average molecular weight is 362 g/mol. The Morgan fingerprint density at radius 1 is 0.846 bits per heavy atom. The number of hydrogen-bond donors (Lipinski definition) is 0. The summed E-state index contributed by atoms with van der Waals surface area (Å²) < 4.78 is 27.4. The minimum absolute atomic E-state index is 0.320. The van der Waals surface area contributed by atoms with Crippen LogP contribution in [0.4, 0.5) is 0 Å². The summed E-state index contributed by atoms with van der Waals surface area (Å²) in [6, 6.07) is 19.7. The highest BCUT2D eigenvalue weighted by molar-refractivity contribution is 7.91. The standard InChI is InChI=1S/C21H18N2O2S/c24-26(25,19-4-2-1-3-5-19)20-8-6-17(7-9-20)11-14-23-15-12-18-16-22-13-10-21(18)23/h1-10,12-13,15-16H,11,14H2. The third-order valence-corrected chi connectivity index (χ3v) is 6.29. The lowest BCUT2D eigenvalue weighted by atomic mass is 10.1. The second-order valence-corrected chi connectivity index (χ2v) is 8.10. The summed E-state index contributed by atoms with van der Waals surface area (Å²) >= 11 is 0. The van der Waals surface area contributed by atoms with Crippen LogP contribution < -0.4 is 0 Å². The van der Waals surface area contributed by atoms with Crippen molar-refractivity contribution in [3.8, 4) is 0 Å². The fraction of sp³-hybridized carbons (Fsp3) is 0.0952. The third kappa shape index (κ3) is 3.13. The highest BCUT2D eigenvalue weighted by Gasteiger charge is 2.16. The van der Waals surface area contributed by atoms with E-state index in [1.54, 1.807) is 42.6 Å². The molecule has 0 radical (unpaired) electrons. The molecule has 0 bridgehead atoms. The van der Waals surface area contributed by atoms with E-state index in [1.807, 2.05) is 30.5 Å². The molecule has 0 fully saturated rings. The monoisotopic (exact) mass is 362 g/mol. The molecule has 0 unspecified atom stereocenters. The SMILES string of the molecule is O=S(=O)(c1ccccc1)c1ccc(CCn2ccc3cnccc32)cc1. The van der Waals surface area contributed by atoms with Gasteiger partial charge in [-0.3, -0.25) is 4.98 Å². The third-order valence-electron chi connectivity index (χ3n) is 4.50. The number of aromatic nitrogens is 2. The number of aryl methyl sites for hydroxylation is 2. The van der Waals surface area contributed by atoms with Gasteiger partial charge in [0.25, 0.3) is 0 Å². The molecule has 4 nitrogen and oxygen atoms in total. The molecule has 26 heavy (non-hydrogen) atoms. The lowest BCUT2D eigenvalue weighted by molar-refractivity contribution is 0.596. The minimum Gasteiger partial charge on any atom is -0.347 e. The molecule has 4 rings (SSSR count). The van der Waals surface area contributed by atoms with E-state index >= 15 is 0 Å². The molecule has 2 aromatic heterocycles. The van der Waals surface area contributed by atoms with Crippen LogP contribution >= 0.6 is 0 Å². The van der Waals surface area contributed by atoms with Gasteiger partial charge in [0.2, 0.25) is 9.84 Å². The summed E-state index contributed by atoms with van der Waals surface area (Å²) in [5, 5.41) is 1.12. The van der Waals surface area contributed by atoms with Crippen molar-refractivity contribution in [3.63, 3.8) is 0 Å². The summed E-state index contributed by atoms with van der Waals surface area (Å²) in [4.78, 5) is 4.78. The van der Waals surface area contributed by atoms with E-state index in [0.29, 0.717) is 9.79 Å². The minimum atomic E-state index is -3.45. The molecule has 0 aliphatic rings. The van der Waals surface area contributed by atoms with E-state index in [1.165, 1.54) is 0 Å². The molecule has 0 saturated heterocycles. The molecular weight excluding hydrogens is 344 g/mol. The Hall–Kier alpha value is -2.92. The van der Waals surface area contributed by atoms with Gasteiger partial charge >= 0.3 is 0 Å². The van der Waals surface area contributed by atoms with Crippen LogP contribution in [0.25, 0.3) is 10.9 Å². The van der Waals surface area contributed by atoms with Crippen molar-refractivity contribution in [1.29, 1.82) is 0 Å². The highest BCUT2D eigenvalue weighted by Crippen LogP contribution is 2.21. The summed E-state index contributed by atoms with van der Waals surface area (Å²) in [6.07, 6.45) is 6.54. The fourth-order valence-corrected chi connectivity index (χ4v) is 4.34. The summed E-state index contributed by atoms with van der Waals surface area (Å²) in [6.45, 7) is 0.832. The van der Waals surface area contributed by atoms with E-state index in [2.05, 4.69) is 21.8 Å². The quantitative estimate of drug-likeness (QED) is 0.537. The zero-order valence-electron chi connectivity index (χ0n) is 14.1. The first-order valence-corrected chi connectivity index (χ1v) is 9.91. The van der Waals surface area contributed by atoms with Gasteiger partial charge in [0.15, 0.2) is 0 Å². The second-order valence-electron chi connectivity index (χ2n) is 6.15. The van der Waals surface area contributed by atoms with E-state index < -0.39 is 9.84 Å². The lowest BCUT2D eigenvalue weighted by Crippen LogP contribution is -2.03. The average Bonchev–Trinajstić information content (AvgIpc) is 3.11. The maximum Gasteiger partial charge on any atom is 0.206 e. The van der Waals surface area contributed by atoms with Crippen LogP contribution in [0.15, 0.2) is 95.1 Å². The van der Waals surface area contributed by atoms with Gasteiger partial charge in [-0.1, -0.05) is 30.3 Å². The van der Waals surface area contributed by atoms with Crippen molar-refractivity contribution in [3.05, 3.63) is 90.9 Å². The molecule has 2 aromatic carbocycles. The lowest BCUT2D eigenvalue weighted by Gasteiger charge is -2.08. The van der Waals surface area contributed by atoms with Gasteiger partial charge in [-0.15, -0.1) is 0 Å². The Labute approximate surface area is 152 Å². The van der Waals surface area contributed by atoms with E-state index in [4.69, 9.17) is 0 Å². The number of nitrogens with zero attached hydrogens (tertiary/aromatic N) is 2. The fourth-order valence-electron chi connectivity index (χ4n) is 3.06. The van der Waals surface area contributed by atoms with E-state index in [9.17, 15) is 8.42 Å². The zero-order chi connectivity index (χ0) is 18.0. The summed E-state index contributed by atoms with van der Waals surface area (Å²) in [7, 11) is -3.45. The Bertz CT molecular complexity index is 1130. The molecule has 0 aliphatic heterocycles. The van der Waals surface area contributed by atoms with Crippen LogP contribution in [0, 0.1) is 0 Å². The normalized spacial score (nSPS) is 11.7. The Morgan fingerprint density at radius 3 is 2.35 bits per heavy atom. The Kier molecular flexibility index (Phi) is 4.31. The van der Waals surface area contributed by atoms with Crippen molar-refractivity contribution in [2.75, 3.05) is 0 Å². The van der Waals surface area contributed by atoms with Crippen molar-refractivity contribution >= 4 is 20.7 Å². The molecule has 0 saturated carbocycles. The van der Waals surface area contributed by atoms with Crippen LogP contribution in [0.1, 0.15) is 5.56 Å². The van der Waals surface area contributed by atoms with Crippen LogP contribution in [0.2, 0.25) is 0 Å². The van der Waals surface area contributed by atoms with Crippen LogP contribution in [0.3, 0.4) is 0 Å². The predicted octanol–water partition coefficient (Wildman–Crippen LogP) is 4.11. The number of hydrogen-bond acceptors (Lipinski definition) is 3. The maximum absolute atomic E-state index is 12.6. The number of pyridine rings is 1. The molecule has 0 amide bonds. The summed E-state index contributed by atoms with van der Waals surface area (Å²) in [5.41, 5.74) is 2.26. The smallest absolute Gasteiger partial charge is 0.206 e. The molecule has 0 spiro atoms. The van der Waals surface area contributed by atoms with Gasteiger partial charge in [0, 0.05) is 30.5 Å². The molecule has 0 aliphatic carbocycles. The van der Waals surface area contributed by atoms with Gasteiger partial charge < -0.3 is 4.57 Å². The highest BCUT2D eigenvalue weighted by atomic mass is 32.2. The van der Waals surface area contributed by atoms with Gasteiger partial charge in [-0.25, -0.2) is 8.42 Å². The van der Waals surface area contributed by atoms with Crippen molar-refractivity contribution in [2.24, 2.45) is 0 Å². The first-order valence-electron chi connectivity index (χ1n) is 8.42. The van der Waals surface area contributed by atoms with Crippen molar-refractivity contribution < 1.29 is 8.42 Å². The molecule has 4 aromatic rings. The number of rotatable bonds is 5. The van der Waals surface area contributed by atoms with E-state index in [-0.39, 0.29) is 0 Å². The molecule has 5 heteroatoms. The van der Waals surface area contributed by atoms with Gasteiger partial charge in [-0.05, 0) is 48.4 Å². The Balaban J connectivity index is 1.51. The second kappa shape index (κ2) is 6.77. The van der Waals surface area contributed by atoms with Gasteiger partial charge in [0.1, 0.15) is 0 Å². The molecular formula is C21H18N2O2S. The van der Waals surface area contributed by atoms with Crippen molar-refractivity contribution in [1.82, 2.24) is 9.55 Å². The van der Waals surface area contributed by atoms with Gasteiger partial charge in [0.05, 0.1) is 15.3 Å². The molecule has 0 N–H and O–H groups in total. The van der Waals surface area contributed by atoms with Crippen LogP contribution in [-0.2, 0) is 22.8 Å². The maximum atomic E-state index is 12.6. The molecule has 130 valence electrons. The van der Waals surface area contributed by atoms with E-state index in [0.717, 1.165) is 29.4 Å². The molecule has 2 heterocycles. The Morgan fingerprint density at radius 2 is 1.58 bits per heavy atom. The van der Waals surface area contributed by atoms with Crippen LogP contribution in [-0.4, -0.2) is 18.0 Å². The number of fused-ring (bicyclic) bond motifs is 1. The zero-order valence-corrected chi connectivity index (χ0v) is 14.9. The largest absolute Gasteiger partial charge is 0.347 e. The number of benzene rings is 2. The summed E-state index contributed by atoms with van der Waals surface area (Å²) in [5.74, 6) is 0. The predicted molar refractivity (Wildman–Crippen MR) is 102 cm³/mol. The van der Waals surface area contributed by atoms with Crippen LogP contribution in [0.5, 0.6) is 0 Å². The first-order chi connectivity index (χ1) is 12.6. The topological polar surface area (TPSA) is 52.0 Å². The van der Waals surface area contributed by atoms with Gasteiger partial charge in [-0.2, -0.15) is 0 Å². The molecule has 0 atom stereocenters. The van der Waals surface area contributed by atoms with Crippen molar-refractivity contribution in [2.45, 2.75) is 22.8 Å². The first kappa shape index (κ1) is 16.5.